The van der Waals surface area contributed by atoms with Crippen LogP contribution in [0.2, 0.25) is 0 Å². The Kier molecular flexibility index (Phi) is 7.87. The first kappa shape index (κ1) is 20.6. The van der Waals surface area contributed by atoms with E-state index in [1.54, 1.807) is 6.33 Å². The zero-order valence-electron chi connectivity index (χ0n) is 14.1. The molecule has 24 heavy (non-hydrogen) atoms. The molecule has 0 amide bonds. The van der Waals surface area contributed by atoms with Gasteiger partial charge in [0.05, 0.1) is 12.2 Å². The Bertz CT molecular complexity index is 629. The van der Waals surface area contributed by atoms with Crippen LogP contribution in [0.4, 0.5) is 5.82 Å². The van der Waals surface area contributed by atoms with E-state index in [1.807, 2.05) is 13.2 Å². The summed E-state index contributed by atoms with van der Waals surface area (Å²) in [7, 11) is 2.04. The molecule has 0 spiro atoms. The minimum absolute atomic E-state index is 0. The van der Waals surface area contributed by atoms with Crippen molar-refractivity contribution in [1.82, 2.24) is 15.0 Å². The number of rotatable bonds is 5. The molecule has 1 aliphatic rings. The van der Waals surface area contributed by atoms with Crippen LogP contribution in [0.5, 0.6) is 0 Å². The highest BCUT2D eigenvalue weighted by molar-refractivity contribution is 5.85. The number of nitrogens with two attached hydrogens (primary N) is 1. The van der Waals surface area contributed by atoms with Crippen molar-refractivity contribution in [2.45, 2.75) is 44.7 Å². The van der Waals surface area contributed by atoms with Crippen molar-refractivity contribution < 1.29 is 0 Å². The van der Waals surface area contributed by atoms with Crippen molar-refractivity contribution in [2.24, 2.45) is 5.73 Å². The van der Waals surface area contributed by atoms with E-state index in [0.717, 1.165) is 43.0 Å². The lowest BCUT2D eigenvalue weighted by molar-refractivity contribution is 0.345. The lowest BCUT2D eigenvalue weighted by Gasteiger charge is -2.32. The number of hydrogen-bond acceptors (Lipinski definition) is 5. The number of pyridine rings is 1. The Labute approximate surface area is 155 Å². The average Bonchev–Trinajstić information content (AvgIpc) is 2.52. The second-order valence-electron chi connectivity index (χ2n) is 6.10. The molecule has 2 aromatic rings. The molecule has 0 radical (unpaired) electrons. The molecule has 2 aromatic heterocycles. The topological polar surface area (TPSA) is 67.9 Å². The van der Waals surface area contributed by atoms with E-state index in [9.17, 15) is 0 Å². The van der Waals surface area contributed by atoms with Gasteiger partial charge in [0.15, 0.2) is 0 Å². The largest absolute Gasteiger partial charge is 0.354 e. The maximum Gasteiger partial charge on any atom is 0.132 e. The second kappa shape index (κ2) is 9.16. The van der Waals surface area contributed by atoms with E-state index in [-0.39, 0.29) is 24.8 Å². The van der Waals surface area contributed by atoms with Crippen molar-refractivity contribution in [3.8, 4) is 0 Å². The van der Waals surface area contributed by atoms with Crippen LogP contribution in [-0.4, -0.2) is 28.0 Å². The van der Waals surface area contributed by atoms with Crippen molar-refractivity contribution in [1.29, 1.82) is 0 Å². The van der Waals surface area contributed by atoms with Crippen LogP contribution in [-0.2, 0) is 13.0 Å². The molecule has 2 heterocycles. The molecule has 0 aliphatic heterocycles. The van der Waals surface area contributed by atoms with Crippen LogP contribution in [0.25, 0.3) is 0 Å². The quantitative estimate of drug-likeness (QED) is 0.876. The lowest BCUT2D eigenvalue weighted by atomic mass is 9.78. The summed E-state index contributed by atoms with van der Waals surface area (Å²) in [6.07, 6.45) is 6.67. The van der Waals surface area contributed by atoms with Crippen LogP contribution in [0.3, 0.4) is 0 Å². The summed E-state index contributed by atoms with van der Waals surface area (Å²) in [6.45, 7) is 2.88. The van der Waals surface area contributed by atoms with Gasteiger partial charge in [-0.05, 0) is 30.9 Å². The Hall–Kier alpha value is -1.43. The smallest absolute Gasteiger partial charge is 0.132 e. The van der Waals surface area contributed by atoms with Crippen molar-refractivity contribution in [3.63, 3.8) is 0 Å². The van der Waals surface area contributed by atoms with Gasteiger partial charge in [0.25, 0.3) is 0 Å². The van der Waals surface area contributed by atoms with Gasteiger partial charge in [0, 0.05) is 37.0 Å². The molecule has 1 saturated carbocycles. The number of hydrogen-bond donors (Lipinski definition) is 1. The SMILES string of the molecule is CCc1ccc(CN(C)c2cc(C3CC(N)C3)ncn2)nc1.Cl.Cl. The van der Waals surface area contributed by atoms with Crippen LogP contribution >= 0.6 is 24.8 Å². The highest BCUT2D eigenvalue weighted by atomic mass is 35.5. The summed E-state index contributed by atoms with van der Waals surface area (Å²) in [6, 6.07) is 6.64. The average molecular weight is 370 g/mol. The van der Waals surface area contributed by atoms with E-state index in [0.29, 0.717) is 12.0 Å². The summed E-state index contributed by atoms with van der Waals surface area (Å²) in [5.74, 6) is 1.43. The van der Waals surface area contributed by atoms with Gasteiger partial charge in [-0.2, -0.15) is 0 Å². The molecule has 5 nitrogen and oxygen atoms in total. The van der Waals surface area contributed by atoms with Gasteiger partial charge < -0.3 is 10.6 Å². The zero-order valence-corrected chi connectivity index (χ0v) is 15.7. The maximum atomic E-state index is 5.87. The molecule has 3 rings (SSSR count). The van der Waals surface area contributed by atoms with Gasteiger partial charge in [0.2, 0.25) is 0 Å². The maximum absolute atomic E-state index is 5.87. The summed E-state index contributed by atoms with van der Waals surface area (Å²) in [5, 5.41) is 0. The summed E-state index contributed by atoms with van der Waals surface area (Å²) in [4.78, 5) is 15.4. The minimum atomic E-state index is 0. The van der Waals surface area contributed by atoms with Gasteiger partial charge in [-0.25, -0.2) is 9.97 Å². The second-order valence-corrected chi connectivity index (χ2v) is 6.10. The normalized spacial score (nSPS) is 18.8. The summed E-state index contributed by atoms with van der Waals surface area (Å²) in [5.41, 5.74) is 9.28. The molecule has 0 bridgehead atoms. The highest BCUT2D eigenvalue weighted by Gasteiger charge is 2.28. The molecule has 0 saturated heterocycles. The van der Waals surface area contributed by atoms with Crippen LogP contribution < -0.4 is 10.6 Å². The monoisotopic (exact) mass is 369 g/mol. The molecule has 1 fully saturated rings. The number of aromatic nitrogens is 3. The fourth-order valence-corrected chi connectivity index (χ4v) is 2.78. The first-order valence-corrected chi connectivity index (χ1v) is 7.88. The minimum Gasteiger partial charge on any atom is -0.354 e. The van der Waals surface area contributed by atoms with E-state index < -0.39 is 0 Å². The third-order valence-corrected chi connectivity index (χ3v) is 4.35. The van der Waals surface area contributed by atoms with Crippen molar-refractivity contribution >= 4 is 30.6 Å². The van der Waals surface area contributed by atoms with E-state index in [2.05, 4.69) is 45.0 Å². The Morgan fingerprint density at radius 2 is 1.92 bits per heavy atom. The van der Waals surface area contributed by atoms with Crippen LogP contribution in [0.15, 0.2) is 30.7 Å². The standard InChI is InChI=1S/C17H23N5.2ClH/c1-3-12-4-5-15(19-9-12)10-22(2)17-8-16(20-11-21-17)13-6-14(18)7-13;;/h4-5,8-9,11,13-14H,3,6-7,10,18H2,1-2H3;2*1H. The Morgan fingerprint density at radius 3 is 2.50 bits per heavy atom. The number of anilines is 1. The fraction of sp³-hybridized carbons (Fsp3) is 0.471. The zero-order chi connectivity index (χ0) is 15.5. The predicted octanol–water partition coefficient (Wildman–Crippen LogP) is 3.12. The third-order valence-electron chi connectivity index (χ3n) is 4.35. The lowest BCUT2D eigenvalue weighted by Crippen LogP contribution is -2.35. The number of nitrogens with zero attached hydrogens (tertiary/aromatic N) is 4. The molecular formula is C17H25Cl2N5. The number of halogens is 2. The Morgan fingerprint density at radius 1 is 1.17 bits per heavy atom. The van der Waals surface area contributed by atoms with Crippen LogP contribution in [0, 0.1) is 0 Å². The van der Waals surface area contributed by atoms with Gasteiger partial charge in [0.1, 0.15) is 12.1 Å². The first-order valence-electron chi connectivity index (χ1n) is 7.88. The third kappa shape index (κ3) is 4.79. The molecule has 1 aliphatic carbocycles. The first-order chi connectivity index (χ1) is 10.7. The molecule has 0 atom stereocenters. The molecule has 0 unspecified atom stereocenters. The molecule has 132 valence electrons. The fourth-order valence-electron chi connectivity index (χ4n) is 2.78. The number of aryl methyl sites for hydroxylation is 1. The van der Waals surface area contributed by atoms with Crippen LogP contribution in [0.1, 0.15) is 42.6 Å². The van der Waals surface area contributed by atoms with E-state index in [1.165, 1.54) is 5.56 Å². The Balaban J connectivity index is 0.00000144. The van der Waals surface area contributed by atoms with E-state index >= 15 is 0 Å². The molecule has 7 heteroatoms. The molecule has 0 aromatic carbocycles. The van der Waals surface area contributed by atoms with Crippen molar-refractivity contribution in [3.05, 3.63) is 47.7 Å². The molecular weight excluding hydrogens is 345 g/mol. The summed E-state index contributed by atoms with van der Waals surface area (Å²) >= 11 is 0. The summed E-state index contributed by atoms with van der Waals surface area (Å²) < 4.78 is 0. The van der Waals surface area contributed by atoms with Crippen molar-refractivity contribution in [2.75, 3.05) is 11.9 Å². The van der Waals surface area contributed by atoms with E-state index in [4.69, 9.17) is 5.73 Å². The van der Waals surface area contributed by atoms with Gasteiger partial charge in [-0.3, -0.25) is 4.98 Å². The van der Waals surface area contributed by atoms with Gasteiger partial charge in [-0.15, -0.1) is 24.8 Å². The highest BCUT2D eigenvalue weighted by Crippen LogP contribution is 2.35. The predicted molar refractivity (Wildman–Crippen MR) is 102 cm³/mol. The van der Waals surface area contributed by atoms with Gasteiger partial charge >= 0.3 is 0 Å². The molecule has 2 N–H and O–H groups in total. The van der Waals surface area contributed by atoms with Gasteiger partial charge in [-0.1, -0.05) is 13.0 Å².